The Labute approximate surface area is 162 Å². The van der Waals surface area contributed by atoms with E-state index in [1.54, 1.807) is 36.5 Å². The minimum Gasteiger partial charge on any atom is -0.338 e. The van der Waals surface area contributed by atoms with E-state index in [1.807, 2.05) is 36.4 Å². The van der Waals surface area contributed by atoms with Gasteiger partial charge in [0.05, 0.1) is 5.52 Å². The molecule has 0 bridgehead atoms. The molecule has 0 saturated carbocycles. The molecular weight excluding hydrogens is 352 g/mol. The van der Waals surface area contributed by atoms with Crippen LogP contribution in [0.2, 0.25) is 0 Å². The molecule has 0 fully saturated rings. The van der Waals surface area contributed by atoms with Gasteiger partial charge in [0.2, 0.25) is 11.8 Å². The van der Waals surface area contributed by atoms with E-state index in [4.69, 9.17) is 0 Å². The lowest BCUT2D eigenvalue weighted by atomic mass is 10.0. The quantitative estimate of drug-likeness (QED) is 0.714. The standard InChI is InChI=1S/C22H20N4O2/c1-26(14-17-4-2-6-19-18(17)5-3-11-23-19)21(28)10-7-15-12-16-8-9-20(27)25-22(16)24-13-15/h2-7,10-13H,8-9,14H2,1H3,(H,24,25,27). The summed E-state index contributed by atoms with van der Waals surface area (Å²) in [6.45, 7) is 0.501. The summed E-state index contributed by atoms with van der Waals surface area (Å²) in [7, 11) is 1.78. The van der Waals surface area contributed by atoms with Gasteiger partial charge in [0.15, 0.2) is 0 Å². The number of aryl methyl sites for hydroxylation is 1. The summed E-state index contributed by atoms with van der Waals surface area (Å²) < 4.78 is 0. The zero-order valence-corrected chi connectivity index (χ0v) is 15.6. The second-order valence-corrected chi connectivity index (χ2v) is 6.84. The average Bonchev–Trinajstić information content (AvgIpc) is 2.72. The molecule has 140 valence electrons. The van der Waals surface area contributed by atoms with E-state index in [-0.39, 0.29) is 11.8 Å². The van der Waals surface area contributed by atoms with Gasteiger partial charge < -0.3 is 10.2 Å². The van der Waals surface area contributed by atoms with Crippen LogP contribution >= 0.6 is 0 Å². The Balaban J connectivity index is 1.46. The number of pyridine rings is 2. The number of aromatic nitrogens is 2. The van der Waals surface area contributed by atoms with Gasteiger partial charge >= 0.3 is 0 Å². The van der Waals surface area contributed by atoms with Gasteiger partial charge in [-0.3, -0.25) is 14.6 Å². The molecule has 6 nitrogen and oxygen atoms in total. The van der Waals surface area contributed by atoms with Gasteiger partial charge in [-0.15, -0.1) is 0 Å². The highest BCUT2D eigenvalue weighted by Gasteiger charge is 2.15. The number of fused-ring (bicyclic) bond motifs is 2. The van der Waals surface area contributed by atoms with E-state index in [2.05, 4.69) is 15.3 Å². The first-order valence-electron chi connectivity index (χ1n) is 9.15. The van der Waals surface area contributed by atoms with Crippen molar-refractivity contribution in [3.63, 3.8) is 0 Å². The van der Waals surface area contributed by atoms with Crippen molar-refractivity contribution in [2.75, 3.05) is 12.4 Å². The molecule has 0 radical (unpaired) electrons. The molecule has 1 N–H and O–H groups in total. The molecule has 3 aromatic rings. The van der Waals surface area contributed by atoms with Gasteiger partial charge in [-0.05, 0) is 47.4 Å². The number of benzene rings is 1. The summed E-state index contributed by atoms with van der Waals surface area (Å²) in [5.74, 6) is 0.511. The lowest BCUT2D eigenvalue weighted by Gasteiger charge is -2.17. The van der Waals surface area contributed by atoms with Crippen LogP contribution in [0.1, 0.15) is 23.1 Å². The van der Waals surface area contributed by atoms with Crippen molar-refractivity contribution < 1.29 is 9.59 Å². The van der Waals surface area contributed by atoms with E-state index in [0.717, 1.165) is 27.6 Å². The minimum absolute atomic E-state index is 0.0104. The molecule has 1 aromatic carbocycles. The Morgan fingerprint density at radius 3 is 3.00 bits per heavy atom. The van der Waals surface area contributed by atoms with Gasteiger partial charge in [0.25, 0.3) is 0 Å². The molecule has 0 unspecified atom stereocenters. The summed E-state index contributed by atoms with van der Waals surface area (Å²) in [6.07, 6.45) is 7.86. The Morgan fingerprint density at radius 2 is 2.11 bits per heavy atom. The van der Waals surface area contributed by atoms with Crippen LogP contribution in [0.3, 0.4) is 0 Å². The van der Waals surface area contributed by atoms with Crippen LogP contribution in [0.25, 0.3) is 17.0 Å². The van der Waals surface area contributed by atoms with Crippen LogP contribution in [-0.4, -0.2) is 33.7 Å². The van der Waals surface area contributed by atoms with Crippen LogP contribution in [0, 0.1) is 0 Å². The molecule has 6 heteroatoms. The number of hydrogen-bond acceptors (Lipinski definition) is 4. The third kappa shape index (κ3) is 3.76. The molecule has 0 aliphatic carbocycles. The maximum Gasteiger partial charge on any atom is 0.246 e. The fraction of sp³-hybridized carbons (Fsp3) is 0.182. The number of nitrogens with zero attached hydrogens (tertiary/aromatic N) is 3. The van der Waals surface area contributed by atoms with E-state index in [1.165, 1.54) is 0 Å². The first-order valence-corrected chi connectivity index (χ1v) is 9.15. The molecule has 1 aliphatic heterocycles. The molecule has 2 amide bonds. The summed E-state index contributed by atoms with van der Waals surface area (Å²) in [5, 5.41) is 3.81. The number of rotatable bonds is 4. The number of nitrogens with one attached hydrogen (secondary N) is 1. The monoisotopic (exact) mass is 372 g/mol. The summed E-state index contributed by atoms with van der Waals surface area (Å²) in [6, 6.07) is 11.8. The predicted molar refractivity (Wildman–Crippen MR) is 108 cm³/mol. The first-order chi connectivity index (χ1) is 13.6. The lowest BCUT2D eigenvalue weighted by molar-refractivity contribution is -0.125. The van der Waals surface area contributed by atoms with Crippen LogP contribution < -0.4 is 5.32 Å². The zero-order valence-electron chi connectivity index (χ0n) is 15.6. The van der Waals surface area contributed by atoms with E-state index in [0.29, 0.717) is 25.2 Å². The van der Waals surface area contributed by atoms with Gasteiger partial charge in [-0.25, -0.2) is 4.98 Å². The number of carbonyl (C=O) groups is 2. The van der Waals surface area contributed by atoms with Crippen molar-refractivity contribution in [1.29, 1.82) is 0 Å². The van der Waals surface area contributed by atoms with Crippen LogP contribution in [-0.2, 0) is 22.6 Å². The van der Waals surface area contributed by atoms with Crippen molar-refractivity contribution in [3.05, 3.63) is 71.6 Å². The normalized spacial score (nSPS) is 13.4. The van der Waals surface area contributed by atoms with Crippen LogP contribution in [0.5, 0.6) is 0 Å². The Kier molecular flexibility index (Phi) is 4.85. The highest BCUT2D eigenvalue weighted by Crippen LogP contribution is 2.21. The average molecular weight is 372 g/mol. The van der Waals surface area contributed by atoms with E-state index >= 15 is 0 Å². The molecule has 3 heterocycles. The molecule has 0 saturated heterocycles. The molecule has 0 atom stereocenters. The summed E-state index contributed by atoms with van der Waals surface area (Å²) in [5.41, 5.74) is 3.81. The molecular formula is C22H20N4O2. The lowest BCUT2D eigenvalue weighted by Crippen LogP contribution is -2.24. The fourth-order valence-corrected chi connectivity index (χ4v) is 3.30. The van der Waals surface area contributed by atoms with E-state index in [9.17, 15) is 9.59 Å². The van der Waals surface area contributed by atoms with Crippen LogP contribution in [0.4, 0.5) is 5.82 Å². The number of carbonyl (C=O) groups excluding carboxylic acids is 2. The van der Waals surface area contributed by atoms with Gasteiger partial charge in [0.1, 0.15) is 5.82 Å². The Bertz CT molecular complexity index is 1090. The van der Waals surface area contributed by atoms with Gasteiger partial charge in [0, 0.05) is 43.9 Å². The number of anilines is 1. The van der Waals surface area contributed by atoms with Crippen molar-refractivity contribution in [2.45, 2.75) is 19.4 Å². The summed E-state index contributed by atoms with van der Waals surface area (Å²) in [4.78, 5) is 34.3. The van der Waals surface area contributed by atoms with Crippen molar-refractivity contribution in [1.82, 2.24) is 14.9 Å². The molecule has 4 rings (SSSR count). The third-order valence-corrected chi connectivity index (χ3v) is 4.81. The third-order valence-electron chi connectivity index (χ3n) is 4.81. The number of likely N-dealkylation sites (N-methyl/N-ethyl adjacent to an activating group) is 1. The highest BCUT2D eigenvalue weighted by molar-refractivity contribution is 5.94. The second kappa shape index (κ2) is 7.60. The molecule has 2 aromatic heterocycles. The van der Waals surface area contributed by atoms with Crippen molar-refractivity contribution in [3.8, 4) is 0 Å². The smallest absolute Gasteiger partial charge is 0.246 e. The highest BCUT2D eigenvalue weighted by atomic mass is 16.2. The molecule has 0 spiro atoms. The van der Waals surface area contributed by atoms with Gasteiger partial charge in [-0.1, -0.05) is 18.2 Å². The van der Waals surface area contributed by atoms with E-state index < -0.39 is 0 Å². The van der Waals surface area contributed by atoms with Crippen molar-refractivity contribution in [2.24, 2.45) is 0 Å². The number of hydrogen-bond donors (Lipinski definition) is 1. The maximum absolute atomic E-state index is 12.5. The Morgan fingerprint density at radius 1 is 1.21 bits per heavy atom. The Hall–Kier alpha value is -3.54. The molecule has 28 heavy (non-hydrogen) atoms. The zero-order chi connectivity index (χ0) is 19.5. The van der Waals surface area contributed by atoms with Crippen LogP contribution in [0.15, 0.2) is 54.9 Å². The number of amides is 2. The largest absolute Gasteiger partial charge is 0.338 e. The van der Waals surface area contributed by atoms with Crippen molar-refractivity contribution >= 4 is 34.6 Å². The first kappa shape index (κ1) is 17.9. The SMILES string of the molecule is CN(Cc1cccc2ncccc12)C(=O)C=Cc1cnc2c(c1)CCC(=O)N2. The topological polar surface area (TPSA) is 75.2 Å². The minimum atomic E-state index is -0.0908. The summed E-state index contributed by atoms with van der Waals surface area (Å²) >= 11 is 0. The molecule has 1 aliphatic rings. The maximum atomic E-state index is 12.5. The fourth-order valence-electron chi connectivity index (χ4n) is 3.30. The predicted octanol–water partition coefficient (Wildman–Crippen LogP) is 3.19. The second-order valence-electron chi connectivity index (χ2n) is 6.84. The van der Waals surface area contributed by atoms with Gasteiger partial charge in [-0.2, -0.15) is 0 Å².